The third kappa shape index (κ3) is 7.41. The fourth-order valence-corrected chi connectivity index (χ4v) is 2.98. The highest BCUT2D eigenvalue weighted by Crippen LogP contribution is 2.14. The van der Waals surface area contributed by atoms with Crippen LogP contribution in [0, 0.1) is 5.92 Å². The molecule has 0 saturated carbocycles. The second-order valence-corrected chi connectivity index (χ2v) is 7.20. The number of carbonyl (C=O) groups is 3. The summed E-state index contributed by atoms with van der Waals surface area (Å²) in [5.74, 6) is -1.76. The van der Waals surface area contributed by atoms with Crippen LogP contribution in [0.1, 0.15) is 37.8 Å². The van der Waals surface area contributed by atoms with E-state index in [0.717, 1.165) is 17.5 Å². The maximum atomic E-state index is 12.6. The highest BCUT2D eigenvalue weighted by Gasteiger charge is 2.20. The highest BCUT2D eigenvalue weighted by molar-refractivity contribution is 5.97. The SMILES string of the molecule is CCCC(NC(=O)Cc1ccccc1)C(=O)Nc1ccc(CC(C)C(=O)O)cc1. The van der Waals surface area contributed by atoms with Crippen molar-refractivity contribution in [3.8, 4) is 0 Å². The molecule has 2 rings (SSSR count). The molecule has 2 atom stereocenters. The van der Waals surface area contributed by atoms with Gasteiger partial charge in [0.2, 0.25) is 11.8 Å². The normalized spacial score (nSPS) is 12.6. The van der Waals surface area contributed by atoms with Gasteiger partial charge >= 0.3 is 5.97 Å². The molecule has 6 nitrogen and oxygen atoms in total. The molecule has 2 unspecified atom stereocenters. The zero-order chi connectivity index (χ0) is 21.2. The van der Waals surface area contributed by atoms with E-state index in [1.165, 1.54) is 0 Å². The zero-order valence-electron chi connectivity index (χ0n) is 16.9. The van der Waals surface area contributed by atoms with Gasteiger partial charge < -0.3 is 15.7 Å². The van der Waals surface area contributed by atoms with E-state index in [9.17, 15) is 14.4 Å². The van der Waals surface area contributed by atoms with E-state index in [-0.39, 0.29) is 18.2 Å². The molecule has 0 aromatic heterocycles. The molecule has 6 heteroatoms. The molecule has 154 valence electrons. The number of rotatable bonds is 10. The van der Waals surface area contributed by atoms with Gasteiger partial charge in [0.25, 0.3) is 0 Å². The van der Waals surface area contributed by atoms with Gasteiger partial charge in [0.1, 0.15) is 6.04 Å². The van der Waals surface area contributed by atoms with E-state index in [2.05, 4.69) is 10.6 Å². The summed E-state index contributed by atoms with van der Waals surface area (Å²) >= 11 is 0. The largest absolute Gasteiger partial charge is 0.481 e. The molecular weight excluding hydrogens is 368 g/mol. The molecule has 0 bridgehead atoms. The van der Waals surface area contributed by atoms with Crippen molar-refractivity contribution in [3.05, 3.63) is 65.7 Å². The van der Waals surface area contributed by atoms with Crippen molar-refractivity contribution >= 4 is 23.5 Å². The van der Waals surface area contributed by atoms with E-state index in [4.69, 9.17) is 5.11 Å². The molecule has 2 aromatic rings. The maximum absolute atomic E-state index is 12.6. The van der Waals surface area contributed by atoms with Gasteiger partial charge in [-0.1, -0.05) is 62.7 Å². The van der Waals surface area contributed by atoms with Crippen molar-refractivity contribution in [1.29, 1.82) is 0 Å². The average Bonchev–Trinajstić information content (AvgIpc) is 2.69. The van der Waals surface area contributed by atoms with Gasteiger partial charge in [-0.3, -0.25) is 14.4 Å². The Bertz CT molecular complexity index is 819. The summed E-state index contributed by atoms with van der Waals surface area (Å²) in [7, 11) is 0. The number of nitrogens with one attached hydrogen (secondary N) is 2. The van der Waals surface area contributed by atoms with Gasteiger partial charge in [-0.15, -0.1) is 0 Å². The second-order valence-electron chi connectivity index (χ2n) is 7.20. The fraction of sp³-hybridized carbons (Fsp3) is 0.348. The lowest BCUT2D eigenvalue weighted by molar-refractivity contribution is -0.141. The van der Waals surface area contributed by atoms with Gasteiger partial charge in [-0.2, -0.15) is 0 Å². The zero-order valence-corrected chi connectivity index (χ0v) is 16.9. The van der Waals surface area contributed by atoms with E-state index in [1.54, 1.807) is 31.2 Å². The van der Waals surface area contributed by atoms with Crippen LogP contribution >= 0.6 is 0 Å². The van der Waals surface area contributed by atoms with Crippen molar-refractivity contribution in [3.63, 3.8) is 0 Å². The number of carboxylic acids is 1. The molecule has 0 saturated heterocycles. The Kier molecular flexibility index (Phi) is 8.40. The Morgan fingerprint density at radius 3 is 2.21 bits per heavy atom. The Morgan fingerprint density at radius 1 is 0.966 bits per heavy atom. The standard InChI is InChI=1S/C23H28N2O4/c1-3-7-20(25-21(26)15-17-8-5-4-6-9-17)22(27)24-19-12-10-18(11-13-19)14-16(2)23(28)29/h4-6,8-13,16,20H,3,7,14-15H2,1-2H3,(H,24,27)(H,25,26)(H,28,29). The van der Waals surface area contributed by atoms with E-state index < -0.39 is 17.9 Å². The molecule has 29 heavy (non-hydrogen) atoms. The van der Waals surface area contributed by atoms with Gasteiger partial charge in [0.05, 0.1) is 12.3 Å². The number of amides is 2. The smallest absolute Gasteiger partial charge is 0.306 e. The molecule has 0 aliphatic heterocycles. The van der Waals surface area contributed by atoms with Gasteiger partial charge in [-0.25, -0.2) is 0 Å². The minimum absolute atomic E-state index is 0.192. The molecule has 0 fully saturated rings. The van der Waals surface area contributed by atoms with Crippen molar-refractivity contribution < 1.29 is 19.5 Å². The van der Waals surface area contributed by atoms with Gasteiger partial charge in [-0.05, 0) is 36.1 Å². The Hall–Kier alpha value is -3.15. The molecule has 0 heterocycles. The first-order valence-corrected chi connectivity index (χ1v) is 9.85. The Morgan fingerprint density at radius 2 is 1.62 bits per heavy atom. The first-order valence-electron chi connectivity index (χ1n) is 9.85. The molecular formula is C23H28N2O4. The predicted octanol–water partition coefficient (Wildman–Crippen LogP) is 3.42. The van der Waals surface area contributed by atoms with Crippen LogP contribution in [0.2, 0.25) is 0 Å². The summed E-state index contributed by atoms with van der Waals surface area (Å²) in [4.78, 5) is 35.9. The van der Waals surface area contributed by atoms with E-state index >= 15 is 0 Å². The minimum atomic E-state index is -0.837. The number of aliphatic carboxylic acids is 1. The van der Waals surface area contributed by atoms with Crippen LogP contribution < -0.4 is 10.6 Å². The van der Waals surface area contributed by atoms with Crippen LogP contribution in [-0.2, 0) is 27.2 Å². The molecule has 0 spiro atoms. The molecule has 3 N–H and O–H groups in total. The lowest BCUT2D eigenvalue weighted by atomic mass is 10.0. The molecule has 2 amide bonds. The molecule has 0 aliphatic rings. The van der Waals surface area contributed by atoms with Crippen molar-refractivity contribution in [2.45, 2.75) is 45.6 Å². The number of hydrogen-bond acceptors (Lipinski definition) is 3. The molecule has 0 aliphatic carbocycles. The third-order valence-electron chi connectivity index (χ3n) is 4.62. The quantitative estimate of drug-likeness (QED) is 0.573. The van der Waals surface area contributed by atoms with Gasteiger partial charge in [0.15, 0.2) is 0 Å². The number of benzene rings is 2. The molecule has 0 radical (unpaired) electrons. The van der Waals surface area contributed by atoms with E-state index in [1.807, 2.05) is 37.3 Å². The van der Waals surface area contributed by atoms with Crippen LogP contribution in [-0.4, -0.2) is 28.9 Å². The second kappa shape index (κ2) is 11.0. The first kappa shape index (κ1) is 22.1. The Balaban J connectivity index is 1.94. The van der Waals surface area contributed by atoms with Crippen LogP contribution in [0.4, 0.5) is 5.69 Å². The lowest BCUT2D eigenvalue weighted by Crippen LogP contribution is -2.44. The summed E-state index contributed by atoms with van der Waals surface area (Å²) in [6.07, 6.45) is 1.96. The summed E-state index contributed by atoms with van der Waals surface area (Å²) in [6.45, 7) is 3.62. The highest BCUT2D eigenvalue weighted by atomic mass is 16.4. The van der Waals surface area contributed by atoms with Crippen molar-refractivity contribution in [1.82, 2.24) is 5.32 Å². The van der Waals surface area contributed by atoms with Crippen LogP contribution in [0.5, 0.6) is 0 Å². The van der Waals surface area contributed by atoms with Gasteiger partial charge in [0, 0.05) is 5.69 Å². The lowest BCUT2D eigenvalue weighted by Gasteiger charge is -2.18. The van der Waals surface area contributed by atoms with E-state index in [0.29, 0.717) is 18.5 Å². The topological polar surface area (TPSA) is 95.5 Å². The third-order valence-corrected chi connectivity index (χ3v) is 4.62. The number of carboxylic acid groups (broad SMARTS) is 1. The summed E-state index contributed by atoms with van der Waals surface area (Å²) in [5.41, 5.74) is 2.39. The Labute approximate surface area is 171 Å². The van der Waals surface area contributed by atoms with Crippen LogP contribution in [0.25, 0.3) is 0 Å². The molecule has 2 aromatic carbocycles. The minimum Gasteiger partial charge on any atom is -0.481 e. The average molecular weight is 396 g/mol. The fourth-order valence-electron chi connectivity index (χ4n) is 2.98. The number of hydrogen-bond donors (Lipinski definition) is 3. The van der Waals surface area contributed by atoms with Crippen molar-refractivity contribution in [2.24, 2.45) is 5.92 Å². The maximum Gasteiger partial charge on any atom is 0.306 e. The number of carbonyl (C=O) groups excluding carboxylic acids is 2. The summed E-state index contributed by atoms with van der Waals surface area (Å²) < 4.78 is 0. The number of anilines is 1. The summed E-state index contributed by atoms with van der Waals surface area (Å²) in [5, 5.41) is 14.7. The first-order chi connectivity index (χ1) is 13.9. The monoisotopic (exact) mass is 396 g/mol. The van der Waals surface area contributed by atoms with Crippen LogP contribution in [0.15, 0.2) is 54.6 Å². The predicted molar refractivity (Wildman–Crippen MR) is 113 cm³/mol. The van der Waals surface area contributed by atoms with Crippen molar-refractivity contribution in [2.75, 3.05) is 5.32 Å². The summed E-state index contributed by atoms with van der Waals surface area (Å²) in [6, 6.07) is 15.9. The van der Waals surface area contributed by atoms with Crippen LogP contribution in [0.3, 0.4) is 0 Å².